The highest BCUT2D eigenvalue weighted by atomic mass is 16.1. The van der Waals surface area contributed by atoms with E-state index < -0.39 is 0 Å². The summed E-state index contributed by atoms with van der Waals surface area (Å²) in [5, 5.41) is 0. The van der Waals surface area contributed by atoms with Gasteiger partial charge >= 0.3 is 0 Å². The van der Waals surface area contributed by atoms with Crippen LogP contribution < -0.4 is 11.5 Å². The molecule has 128 valence electrons. The normalized spacial score (nSPS) is 11.1. The van der Waals surface area contributed by atoms with E-state index in [0.717, 1.165) is 38.5 Å². The van der Waals surface area contributed by atoms with Crippen LogP contribution >= 0.6 is 0 Å². The SMILES string of the molecule is NC(=O)CCCCCCC/C=C\CCCCCCCC(N)=O. The van der Waals surface area contributed by atoms with E-state index in [9.17, 15) is 9.59 Å². The molecule has 0 aromatic heterocycles. The molecular weight excluding hydrogens is 276 g/mol. The summed E-state index contributed by atoms with van der Waals surface area (Å²) in [4.78, 5) is 21.1. The van der Waals surface area contributed by atoms with Crippen molar-refractivity contribution in [3.8, 4) is 0 Å². The Morgan fingerprint density at radius 3 is 1.23 bits per heavy atom. The zero-order valence-corrected chi connectivity index (χ0v) is 14.0. The fourth-order valence-corrected chi connectivity index (χ4v) is 2.42. The lowest BCUT2D eigenvalue weighted by atomic mass is 10.1. The molecule has 0 radical (unpaired) electrons. The molecule has 0 saturated heterocycles. The van der Waals surface area contributed by atoms with Gasteiger partial charge in [0.1, 0.15) is 0 Å². The number of unbranched alkanes of at least 4 members (excludes halogenated alkanes) is 10. The molecule has 0 rings (SSSR count). The molecule has 0 heterocycles. The number of carbonyl (C=O) groups excluding carboxylic acids is 2. The number of hydrogen-bond donors (Lipinski definition) is 2. The number of hydrogen-bond acceptors (Lipinski definition) is 2. The third-order valence-electron chi connectivity index (χ3n) is 3.75. The minimum absolute atomic E-state index is 0.184. The van der Waals surface area contributed by atoms with Gasteiger partial charge in [-0.15, -0.1) is 0 Å². The summed E-state index contributed by atoms with van der Waals surface area (Å²) >= 11 is 0. The van der Waals surface area contributed by atoms with E-state index in [-0.39, 0.29) is 11.8 Å². The molecule has 0 bridgehead atoms. The summed E-state index contributed by atoms with van der Waals surface area (Å²) < 4.78 is 0. The Kier molecular flexibility index (Phi) is 15.1. The summed E-state index contributed by atoms with van der Waals surface area (Å²) in [5.74, 6) is -0.369. The second-order valence-electron chi connectivity index (χ2n) is 6.02. The van der Waals surface area contributed by atoms with E-state index in [0.29, 0.717) is 12.8 Å². The fourth-order valence-electron chi connectivity index (χ4n) is 2.42. The lowest BCUT2D eigenvalue weighted by molar-refractivity contribution is -0.119. The molecule has 0 aliphatic heterocycles. The predicted octanol–water partition coefficient (Wildman–Crippen LogP) is 3.97. The van der Waals surface area contributed by atoms with Crippen LogP contribution in [-0.2, 0) is 9.59 Å². The molecule has 0 unspecified atom stereocenters. The molecule has 22 heavy (non-hydrogen) atoms. The minimum Gasteiger partial charge on any atom is -0.370 e. The van der Waals surface area contributed by atoms with E-state index in [2.05, 4.69) is 12.2 Å². The molecule has 0 spiro atoms. The maximum atomic E-state index is 10.6. The van der Waals surface area contributed by atoms with Gasteiger partial charge in [0.25, 0.3) is 0 Å². The maximum Gasteiger partial charge on any atom is 0.217 e. The van der Waals surface area contributed by atoms with Crippen molar-refractivity contribution in [2.75, 3.05) is 0 Å². The van der Waals surface area contributed by atoms with Crippen molar-refractivity contribution in [1.82, 2.24) is 0 Å². The van der Waals surface area contributed by atoms with Crippen molar-refractivity contribution in [3.05, 3.63) is 12.2 Å². The third-order valence-corrected chi connectivity index (χ3v) is 3.75. The highest BCUT2D eigenvalue weighted by molar-refractivity contribution is 5.73. The van der Waals surface area contributed by atoms with Crippen LogP contribution in [0.2, 0.25) is 0 Å². The van der Waals surface area contributed by atoms with Gasteiger partial charge < -0.3 is 11.5 Å². The molecule has 0 aliphatic rings. The zero-order valence-electron chi connectivity index (χ0n) is 14.0. The van der Waals surface area contributed by atoms with Gasteiger partial charge in [-0.1, -0.05) is 50.7 Å². The summed E-state index contributed by atoms with van der Waals surface area (Å²) in [5.41, 5.74) is 10.2. The molecule has 0 aliphatic carbocycles. The predicted molar refractivity (Wildman–Crippen MR) is 92.2 cm³/mol. The van der Waals surface area contributed by atoms with Gasteiger partial charge in [-0.05, 0) is 38.5 Å². The first-order valence-corrected chi connectivity index (χ1v) is 8.84. The summed E-state index contributed by atoms with van der Waals surface area (Å²) in [6, 6.07) is 0. The molecule has 0 atom stereocenters. The standard InChI is InChI=1S/C18H34N2O2/c19-17(21)15-13-11-9-7-5-3-1-2-4-6-8-10-12-14-16-18(20)22/h1-2H,3-16H2,(H2,19,21)(H2,20,22)/b2-1-. The monoisotopic (exact) mass is 310 g/mol. The summed E-state index contributed by atoms with van der Waals surface area (Å²) in [6.07, 6.45) is 19.4. The molecule has 2 amide bonds. The molecule has 0 saturated carbocycles. The van der Waals surface area contributed by atoms with Crippen LogP contribution in [0.5, 0.6) is 0 Å². The van der Waals surface area contributed by atoms with E-state index in [1.54, 1.807) is 0 Å². The number of amides is 2. The molecule has 0 aromatic carbocycles. The molecule has 4 nitrogen and oxygen atoms in total. The van der Waals surface area contributed by atoms with Crippen LogP contribution in [0.3, 0.4) is 0 Å². The molecule has 0 aromatic rings. The van der Waals surface area contributed by atoms with E-state index in [1.807, 2.05) is 0 Å². The summed E-state index contributed by atoms with van der Waals surface area (Å²) in [6.45, 7) is 0. The van der Waals surface area contributed by atoms with Gasteiger partial charge in [0.05, 0.1) is 0 Å². The topological polar surface area (TPSA) is 86.2 Å². The highest BCUT2D eigenvalue weighted by Gasteiger charge is 1.95. The highest BCUT2D eigenvalue weighted by Crippen LogP contribution is 2.09. The number of primary amides is 2. The third kappa shape index (κ3) is 18.7. The van der Waals surface area contributed by atoms with Gasteiger partial charge in [-0.3, -0.25) is 9.59 Å². The van der Waals surface area contributed by atoms with Gasteiger partial charge in [0, 0.05) is 12.8 Å². The second kappa shape index (κ2) is 16.1. The maximum absolute atomic E-state index is 10.6. The Labute approximate surface area is 135 Å². The van der Waals surface area contributed by atoms with Crippen molar-refractivity contribution in [2.24, 2.45) is 11.5 Å². The van der Waals surface area contributed by atoms with Crippen molar-refractivity contribution < 1.29 is 9.59 Å². The van der Waals surface area contributed by atoms with E-state index in [1.165, 1.54) is 38.5 Å². The van der Waals surface area contributed by atoms with Crippen LogP contribution in [0.25, 0.3) is 0 Å². The molecular formula is C18H34N2O2. The van der Waals surface area contributed by atoms with Crippen LogP contribution in [0.4, 0.5) is 0 Å². The first-order chi connectivity index (χ1) is 10.6. The number of allylic oxidation sites excluding steroid dienone is 2. The number of carbonyl (C=O) groups is 2. The Morgan fingerprint density at radius 2 is 0.864 bits per heavy atom. The number of nitrogens with two attached hydrogens (primary N) is 2. The van der Waals surface area contributed by atoms with Crippen LogP contribution in [0, 0.1) is 0 Å². The average Bonchev–Trinajstić information content (AvgIpc) is 2.46. The molecule has 4 N–H and O–H groups in total. The Morgan fingerprint density at radius 1 is 0.545 bits per heavy atom. The largest absolute Gasteiger partial charge is 0.370 e. The van der Waals surface area contributed by atoms with Crippen LogP contribution in [-0.4, -0.2) is 11.8 Å². The van der Waals surface area contributed by atoms with Crippen molar-refractivity contribution in [2.45, 2.75) is 89.9 Å². The first kappa shape index (κ1) is 20.7. The zero-order chi connectivity index (χ0) is 16.5. The fraction of sp³-hybridized carbons (Fsp3) is 0.778. The Balaban J connectivity index is 3.12. The lowest BCUT2D eigenvalue weighted by Gasteiger charge is -1.99. The van der Waals surface area contributed by atoms with Gasteiger partial charge in [0.15, 0.2) is 0 Å². The average molecular weight is 310 g/mol. The lowest BCUT2D eigenvalue weighted by Crippen LogP contribution is -2.09. The van der Waals surface area contributed by atoms with Crippen molar-refractivity contribution >= 4 is 11.8 Å². The molecule has 0 fully saturated rings. The smallest absolute Gasteiger partial charge is 0.217 e. The Bertz CT molecular complexity index is 284. The minimum atomic E-state index is -0.184. The van der Waals surface area contributed by atoms with Crippen LogP contribution in [0.1, 0.15) is 89.9 Å². The van der Waals surface area contributed by atoms with Crippen molar-refractivity contribution in [1.29, 1.82) is 0 Å². The van der Waals surface area contributed by atoms with Crippen LogP contribution in [0.15, 0.2) is 12.2 Å². The van der Waals surface area contributed by atoms with Crippen molar-refractivity contribution in [3.63, 3.8) is 0 Å². The van der Waals surface area contributed by atoms with Gasteiger partial charge in [-0.2, -0.15) is 0 Å². The number of rotatable bonds is 16. The van der Waals surface area contributed by atoms with Gasteiger partial charge in [-0.25, -0.2) is 0 Å². The van der Waals surface area contributed by atoms with E-state index >= 15 is 0 Å². The summed E-state index contributed by atoms with van der Waals surface area (Å²) in [7, 11) is 0. The Hall–Kier alpha value is -1.32. The van der Waals surface area contributed by atoms with E-state index in [4.69, 9.17) is 11.5 Å². The first-order valence-electron chi connectivity index (χ1n) is 8.84. The van der Waals surface area contributed by atoms with Gasteiger partial charge in [0.2, 0.25) is 11.8 Å². The second-order valence-corrected chi connectivity index (χ2v) is 6.02. The molecule has 4 heteroatoms. The quantitative estimate of drug-likeness (QED) is 0.334.